The van der Waals surface area contributed by atoms with Crippen LogP contribution >= 0.6 is 0 Å². The molecule has 0 bridgehead atoms. The molecular formula is C14H20FNO. The number of nitrogens with one attached hydrogen (secondary N) is 1. The van der Waals surface area contributed by atoms with Crippen molar-refractivity contribution in [1.29, 1.82) is 0 Å². The van der Waals surface area contributed by atoms with Crippen LogP contribution in [0, 0.1) is 5.82 Å². The molecule has 0 aliphatic rings. The fourth-order valence-corrected chi connectivity index (χ4v) is 1.63. The van der Waals surface area contributed by atoms with E-state index in [4.69, 9.17) is 0 Å². The zero-order valence-electron chi connectivity index (χ0n) is 10.7. The summed E-state index contributed by atoms with van der Waals surface area (Å²) >= 11 is 0. The molecule has 0 aromatic heterocycles. The molecule has 0 atom stereocenters. The van der Waals surface area contributed by atoms with Gasteiger partial charge in [0.2, 0.25) is 5.91 Å². The van der Waals surface area contributed by atoms with E-state index in [0.717, 1.165) is 12.8 Å². The summed E-state index contributed by atoms with van der Waals surface area (Å²) in [7, 11) is 0. The molecule has 0 heterocycles. The van der Waals surface area contributed by atoms with Crippen molar-refractivity contribution in [2.45, 2.75) is 46.0 Å². The van der Waals surface area contributed by atoms with Crippen molar-refractivity contribution in [3.8, 4) is 0 Å². The van der Waals surface area contributed by atoms with Crippen LogP contribution in [0.2, 0.25) is 0 Å². The molecule has 1 amide bonds. The zero-order chi connectivity index (χ0) is 12.8. The molecule has 0 radical (unpaired) electrons. The fourth-order valence-electron chi connectivity index (χ4n) is 1.63. The number of hydrogen-bond acceptors (Lipinski definition) is 1. The first-order chi connectivity index (χ1) is 8.04. The van der Waals surface area contributed by atoms with Crippen molar-refractivity contribution in [2.75, 3.05) is 5.32 Å². The third-order valence-electron chi connectivity index (χ3n) is 2.66. The smallest absolute Gasteiger partial charge is 0.224 e. The van der Waals surface area contributed by atoms with Crippen LogP contribution in [0.5, 0.6) is 0 Å². The monoisotopic (exact) mass is 237 g/mol. The number of carbonyl (C=O) groups is 1. The van der Waals surface area contributed by atoms with Crippen molar-refractivity contribution in [3.05, 3.63) is 29.6 Å². The maximum Gasteiger partial charge on any atom is 0.224 e. The maximum atomic E-state index is 13.7. The van der Waals surface area contributed by atoms with Crippen molar-refractivity contribution in [3.63, 3.8) is 0 Å². The Morgan fingerprint density at radius 3 is 2.65 bits per heavy atom. The molecule has 2 nitrogen and oxygen atoms in total. The first-order valence-electron chi connectivity index (χ1n) is 6.14. The van der Waals surface area contributed by atoms with Gasteiger partial charge in [-0.25, -0.2) is 4.39 Å². The molecule has 0 aliphatic carbocycles. The SMILES string of the molecule is CCCCC(=O)Nc1ccc(C(C)C)c(F)c1. The van der Waals surface area contributed by atoms with E-state index in [1.54, 1.807) is 12.1 Å². The van der Waals surface area contributed by atoms with Crippen LogP contribution in [0.4, 0.5) is 10.1 Å². The standard InChI is InChI=1S/C14H20FNO/c1-4-5-6-14(17)16-11-7-8-12(10(2)3)13(15)9-11/h7-10H,4-6H2,1-3H3,(H,16,17). The minimum atomic E-state index is -0.256. The Morgan fingerprint density at radius 1 is 1.41 bits per heavy atom. The summed E-state index contributed by atoms with van der Waals surface area (Å²) in [6.07, 6.45) is 2.33. The molecule has 0 fully saturated rings. The number of unbranched alkanes of at least 4 members (excludes halogenated alkanes) is 1. The second kappa shape index (κ2) is 6.38. The second-order valence-electron chi connectivity index (χ2n) is 4.54. The second-order valence-corrected chi connectivity index (χ2v) is 4.54. The third-order valence-corrected chi connectivity index (χ3v) is 2.66. The summed E-state index contributed by atoms with van der Waals surface area (Å²) in [6.45, 7) is 5.92. The van der Waals surface area contributed by atoms with Crippen molar-refractivity contribution in [2.24, 2.45) is 0 Å². The molecule has 1 N–H and O–H groups in total. The number of anilines is 1. The van der Waals surface area contributed by atoms with Crippen molar-refractivity contribution >= 4 is 11.6 Å². The maximum absolute atomic E-state index is 13.7. The minimum absolute atomic E-state index is 0.0523. The van der Waals surface area contributed by atoms with Crippen molar-refractivity contribution in [1.82, 2.24) is 0 Å². The highest BCUT2D eigenvalue weighted by Crippen LogP contribution is 2.21. The normalized spacial score (nSPS) is 10.6. The lowest BCUT2D eigenvalue weighted by atomic mass is 10.0. The van der Waals surface area contributed by atoms with Gasteiger partial charge in [-0.15, -0.1) is 0 Å². The highest BCUT2D eigenvalue weighted by molar-refractivity contribution is 5.90. The van der Waals surface area contributed by atoms with E-state index >= 15 is 0 Å². The first-order valence-corrected chi connectivity index (χ1v) is 6.14. The van der Waals surface area contributed by atoms with Gasteiger partial charge in [0.15, 0.2) is 0 Å². The Hall–Kier alpha value is -1.38. The molecular weight excluding hydrogens is 217 g/mol. The lowest BCUT2D eigenvalue weighted by Crippen LogP contribution is -2.11. The summed E-state index contributed by atoms with van der Waals surface area (Å²) in [5.74, 6) is -0.156. The van der Waals surface area contributed by atoms with Gasteiger partial charge in [0.05, 0.1) is 0 Å². The predicted molar refractivity (Wildman–Crippen MR) is 68.6 cm³/mol. The Bertz CT molecular complexity index is 388. The van der Waals surface area contributed by atoms with Gasteiger partial charge < -0.3 is 5.32 Å². The summed E-state index contributed by atoms with van der Waals surface area (Å²) in [5.41, 5.74) is 1.21. The molecule has 0 unspecified atom stereocenters. The Kier molecular flexibility index (Phi) is 5.13. The fraction of sp³-hybridized carbons (Fsp3) is 0.500. The lowest BCUT2D eigenvalue weighted by molar-refractivity contribution is -0.116. The largest absolute Gasteiger partial charge is 0.326 e. The molecule has 3 heteroatoms. The van der Waals surface area contributed by atoms with Gasteiger partial charge in [0, 0.05) is 12.1 Å². The van der Waals surface area contributed by atoms with E-state index in [1.165, 1.54) is 6.07 Å². The number of amides is 1. The van der Waals surface area contributed by atoms with E-state index in [-0.39, 0.29) is 17.6 Å². The third kappa shape index (κ3) is 4.17. The molecule has 0 spiro atoms. The highest BCUT2D eigenvalue weighted by Gasteiger charge is 2.08. The van der Waals surface area contributed by atoms with Crippen molar-refractivity contribution < 1.29 is 9.18 Å². The van der Waals surface area contributed by atoms with Gasteiger partial charge in [-0.2, -0.15) is 0 Å². The number of hydrogen-bond donors (Lipinski definition) is 1. The van der Waals surface area contributed by atoms with Gasteiger partial charge in [-0.1, -0.05) is 33.3 Å². The molecule has 0 aliphatic heterocycles. The van der Waals surface area contributed by atoms with Crippen LogP contribution in [0.3, 0.4) is 0 Å². The Balaban J connectivity index is 2.67. The average molecular weight is 237 g/mol. The zero-order valence-corrected chi connectivity index (χ0v) is 10.7. The Morgan fingerprint density at radius 2 is 2.12 bits per heavy atom. The van der Waals surface area contributed by atoms with Gasteiger partial charge in [0.25, 0.3) is 0 Å². The number of benzene rings is 1. The van der Waals surface area contributed by atoms with E-state index in [0.29, 0.717) is 17.7 Å². The number of halogens is 1. The summed E-state index contributed by atoms with van der Waals surface area (Å²) in [4.78, 5) is 11.5. The number of rotatable bonds is 5. The molecule has 1 aromatic rings. The summed E-state index contributed by atoms with van der Waals surface area (Å²) < 4.78 is 13.7. The molecule has 1 aromatic carbocycles. The van der Waals surface area contributed by atoms with Gasteiger partial charge in [-0.3, -0.25) is 4.79 Å². The summed E-state index contributed by atoms with van der Waals surface area (Å²) in [5, 5.41) is 2.70. The summed E-state index contributed by atoms with van der Waals surface area (Å²) in [6, 6.07) is 4.87. The highest BCUT2D eigenvalue weighted by atomic mass is 19.1. The molecule has 1 rings (SSSR count). The first kappa shape index (κ1) is 13.7. The Labute approximate surface area is 102 Å². The van der Waals surface area contributed by atoms with Crippen LogP contribution in [-0.4, -0.2) is 5.91 Å². The number of carbonyl (C=O) groups excluding carboxylic acids is 1. The lowest BCUT2D eigenvalue weighted by Gasteiger charge is -2.10. The minimum Gasteiger partial charge on any atom is -0.326 e. The van der Waals surface area contributed by atoms with Gasteiger partial charge >= 0.3 is 0 Å². The molecule has 94 valence electrons. The molecule has 0 saturated heterocycles. The van der Waals surface area contributed by atoms with Crippen LogP contribution in [0.25, 0.3) is 0 Å². The van der Waals surface area contributed by atoms with E-state index < -0.39 is 0 Å². The van der Waals surface area contributed by atoms with Gasteiger partial charge in [-0.05, 0) is 30.0 Å². The predicted octanol–water partition coefficient (Wildman–Crippen LogP) is 4.08. The quantitative estimate of drug-likeness (QED) is 0.821. The van der Waals surface area contributed by atoms with Crippen LogP contribution < -0.4 is 5.32 Å². The van der Waals surface area contributed by atoms with Gasteiger partial charge in [0.1, 0.15) is 5.82 Å². The topological polar surface area (TPSA) is 29.1 Å². The van der Waals surface area contributed by atoms with E-state index in [2.05, 4.69) is 5.32 Å². The molecule has 0 saturated carbocycles. The van der Waals surface area contributed by atoms with Crippen LogP contribution in [0.1, 0.15) is 51.5 Å². The van der Waals surface area contributed by atoms with Crippen LogP contribution in [0.15, 0.2) is 18.2 Å². The van der Waals surface area contributed by atoms with Crippen LogP contribution in [-0.2, 0) is 4.79 Å². The van der Waals surface area contributed by atoms with E-state index in [9.17, 15) is 9.18 Å². The average Bonchev–Trinajstić information content (AvgIpc) is 2.26. The van der Waals surface area contributed by atoms with E-state index in [1.807, 2.05) is 20.8 Å². The molecule has 17 heavy (non-hydrogen) atoms.